The minimum Gasteiger partial charge on any atom is -0.497 e. The van der Waals surface area contributed by atoms with Crippen molar-refractivity contribution in [3.05, 3.63) is 71.8 Å². The number of aliphatic hydroxyl groups is 1. The summed E-state index contributed by atoms with van der Waals surface area (Å²) in [6.07, 6.45) is 1.23. The summed E-state index contributed by atoms with van der Waals surface area (Å²) in [7, 11) is 3.04. The number of fused-ring (bicyclic) bond motifs is 1. The van der Waals surface area contributed by atoms with E-state index in [1.165, 1.54) is 0 Å². The maximum atomic E-state index is 13.5. The molecule has 0 amide bonds. The second-order valence-corrected chi connectivity index (χ2v) is 11.5. The van der Waals surface area contributed by atoms with Crippen molar-refractivity contribution in [2.24, 2.45) is 0 Å². The first-order chi connectivity index (χ1) is 20.2. The lowest BCUT2D eigenvalue weighted by atomic mass is 10.1. The molecule has 0 saturated heterocycles. The smallest absolute Gasteiger partial charge is 0.263 e. The fraction of sp³-hybridized carbons (Fsp3) is 0.333. The zero-order valence-electron chi connectivity index (χ0n) is 24.3. The second-order valence-electron chi connectivity index (χ2n) is 9.82. The lowest BCUT2D eigenvalue weighted by Gasteiger charge is -2.19. The molecule has 0 fully saturated rings. The van der Waals surface area contributed by atoms with Crippen molar-refractivity contribution in [3.63, 3.8) is 0 Å². The molecular formula is C30H37N5O6S. The molecule has 0 aliphatic carbocycles. The molecule has 12 heteroatoms. The molecule has 0 saturated carbocycles. The Kier molecular flexibility index (Phi) is 10.5. The SMILES string of the molecule is COc1cc(Nc2nc3ccccc3nc2NS(=O)(=O)c2ccc(CN(C)C)cc2)c(CCCOCCO)c(OC)c1. The molecule has 0 radical (unpaired) electrons. The monoisotopic (exact) mass is 595 g/mol. The van der Waals surface area contributed by atoms with E-state index >= 15 is 0 Å². The van der Waals surface area contributed by atoms with Crippen LogP contribution in [-0.2, 0) is 27.7 Å². The largest absolute Gasteiger partial charge is 0.497 e. The first-order valence-corrected chi connectivity index (χ1v) is 15.0. The van der Waals surface area contributed by atoms with Crippen LogP contribution in [0, 0.1) is 0 Å². The van der Waals surface area contributed by atoms with Crippen LogP contribution in [0.15, 0.2) is 65.6 Å². The summed E-state index contributed by atoms with van der Waals surface area (Å²) in [5.41, 5.74) is 3.56. The zero-order chi connectivity index (χ0) is 30.1. The van der Waals surface area contributed by atoms with Crippen molar-refractivity contribution >= 4 is 38.4 Å². The first kappa shape index (κ1) is 31.0. The number of nitrogens with zero attached hydrogens (tertiary/aromatic N) is 3. The summed E-state index contributed by atoms with van der Waals surface area (Å²) in [4.78, 5) is 11.5. The van der Waals surface area contributed by atoms with Crippen molar-refractivity contribution in [3.8, 4) is 11.5 Å². The highest BCUT2D eigenvalue weighted by atomic mass is 32.2. The number of hydrogen-bond acceptors (Lipinski definition) is 10. The molecule has 0 bridgehead atoms. The number of rotatable bonds is 15. The lowest BCUT2D eigenvalue weighted by molar-refractivity contribution is 0.0908. The van der Waals surface area contributed by atoms with E-state index in [0.717, 1.165) is 11.1 Å². The molecule has 0 aliphatic rings. The number of aliphatic hydroxyl groups excluding tert-OH is 1. The van der Waals surface area contributed by atoms with Gasteiger partial charge in [0.05, 0.1) is 49.0 Å². The summed E-state index contributed by atoms with van der Waals surface area (Å²) >= 11 is 0. The average Bonchev–Trinajstić information content (AvgIpc) is 2.97. The third-order valence-electron chi connectivity index (χ3n) is 6.38. The van der Waals surface area contributed by atoms with Gasteiger partial charge in [0.25, 0.3) is 10.0 Å². The van der Waals surface area contributed by atoms with Gasteiger partial charge in [-0.2, -0.15) is 0 Å². The third kappa shape index (κ3) is 7.85. The van der Waals surface area contributed by atoms with E-state index < -0.39 is 10.0 Å². The van der Waals surface area contributed by atoms with E-state index in [-0.39, 0.29) is 29.7 Å². The van der Waals surface area contributed by atoms with Crippen LogP contribution in [0.2, 0.25) is 0 Å². The zero-order valence-corrected chi connectivity index (χ0v) is 25.1. The van der Waals surface area contributed by atoms with Gasteiger partial charge in [0.15, 0.2) is 11.6 Å². The van der Waals surface area contributed by atoms with Gasteiger partial charge in [-0.05, 0) is 56.8 Å². The van der Waals surface area contributed by atoms with Gasteiger partial charge >= 0.3 is 0 Å². The standard InChI is InChI=1S/C30H37N5O6S/c1-35(2)20-21-11-13-23(14-12-21)42(37,38)34-30-29(31-25-9-5-6-10-26(25)32-30)33-27-18-22(39-3)19-28(40-4)24(27)8-7-16-41-17-15-36/h5-6,9-14,18-19,36H,7-8,15-17,20H2,1-4H3,(H,31,33)(H,32,34). The highest BCUT2D eigenvalue weighted by Crippen LogP contribution is 2.36. The number of methoxy groups -OCH3 is 2. The summed E-state index contributed by atoms with van der Waals surface area (Å²) in [5.74, 6) is 1.40. The number of nitrogens with one attached hydrogen (secondary N) is 2. The van der Waals surface area contributed by atoms with Crippen molar-refractivity contribution in [2.45, 2.75) is 24.3 Å². The van der Waals surface area contributed by atoms with Crippen LogP contribution in [0.5, 0.6) is 11.5 Å². The Morgan fingerprint density at radius 3 is 2.21 bits per heavy atom. The Hall–Kier alpha value is -3.97. The minimum absolute atomic E-state index is 0.0434. The van der Waals surface area contributed by atoms with Gasteiger partial charge in [-0.1, -0.05) is 24.3 Å². The lowest BCUT2D eigenvalue weighted by Crippen LogP contribution is -2.16. The van der Waals surface area contributed by atoms with Crippen LogP contribution < -0.4 is 19.5 Å². The van der Waals surface area contributed by atoms with Gasteiger partial charge in [0.2, 0.25) is 0 Å². The van der Waals surface area contributed by atoms with E-state index in [0.29, 0.717) is 54.2 Å². The molecular weight excluding hydrogens is 558 g/mol. The van der Waals surface area contributed by atoms with Gasteiger partial charge < -0.3 is 29.5 Å². The molecule has 224 valence electrons. The number of benzene rings is 3. The highest BCUT2D eigenvalue weighted by Gasteiger charge is 2.21. The molecule has 0 unspecified atom stereocenters. The van der Waals surface area contributed by atoms with Crippen molar-refractivity contribution in [1.29, 1.82) is 0 Å². The predicted molar refractivity (Wildman–Crippen MR) is 163 cm³/mol. The molecule has 3 N–H and O–H groups in total. The number of sulfonamides is 1. The van der Waals surface area contributed by atoms with Gasteiger partial charge in [-0.3, -0.25) is 4.72 Å². The molecule has 4 aromatic rings. The van der Waals surface area contributed by atoms with Crippen LogP contribution in [0.3, 0.4) is 0 Å². The van der Waals surface area contributed by atoms with Crippen molar-refractivity contribution in [1.82, 2.24) is 14.9 Å². The molecule has 42 heavy (non-hydrogen) atoms. The summed E-state index contributed by atoms with van der Waals surface area (Å²) in [6, 6.07) is 17.5. The molecule has 0 atom stereocenters. The Morgan fingerprint density at radius 2 is 1.60 bits per heavy atom. The Labute approximate surface area is 246 Å². The number of ether oxygens (including phenoxy) is 3. The number of anilines is 3. The number of hydrogen-bond donors (Lipinski definition) is 3. The summed E-state index contributed by atoms with van der Waals surface area (Å²) < 4.78 is 46.2. The van der Waals surface area contributed by atoms with Gasteiger partial charge in [0, 0.05) is 30.8 Å². The Balaban J connectivity index is 1.72. The van der Waals surface area contributed by atoms with Gasteiger partial charge in [-0.25, -0.2) is 18.4 Å². The number of aromatic nitrogens is 2. The van der Waals surface area contributed by atoms with Gasteiger partial charge in [-0.15, -0.1) is 0 Å². The molecule has 11 nitrogen and oxygen atoms in total. The second kappa shape index (κ2) is 14.3. The van der Waals surface area contributed by atoms with Crippen LogP contribution in [0.25, 0.3) is 11.0 Å². The fourth-order valence-corrected chi connectivity index (χ4v) is 5.43. The van der Waals surface area contributed by atoms with Crippen LogP contribution in [0.4, 0.5) is 17.3 Å². The molecule has 4 rings (SSSR count). The van der Waals surface area contributed by atoms with E-state index in [9.17, 15) is 8.42 Å². The molecule has 1 heterocycles. The predicted octanol–water partition coefficient (Wildman–Crippen LogP) is 4.19. The van der Waals surface area contributed by atoms with E-state index in [2.05, 4.69) is 15.0 Å². The van der Waals surface area contributed by atoms with Crippen molar-refractivity contribution < 1.29 is 27.7 Å². The van der Waals surface area contributed by atoms with Gasteiger partial charge in [0.1, 0.15) is 11.5 Å². The minimum atomic E-state index is -3.99. The van der Waals surface area contributed by atoms with E-state index in [4.69, 9.17) is 24.3 Å². The molecule has 0 aliphatic heterocycles. The van der Waals surface area contributed by atoms with Crippen LogP contribution in [0.1, 0.15) is 17.5 Å². The first-order valence-electron chi connectivity index (χ1n) is 13.5. The molecule has 1 aromatic heterocycles. The maximum absolute atomic E-state index is 13.5. The van der Waals surface area contributed by atoms with Crippen molar-refractivity contribution in [2.75, 3.05) is 58.2 Å². The Morgan fingerprint density at radius 1 is 0.905 bits per heavy atom. The summed E-state index contributed by atoms with van der Waals surface area (Å²) in [5, 5.41) is 12.3. The fourth-order valence-electron chi connectivity index (χ4n) is 4.42. The summed E-state index contributed by atoms with van der Waals surface area (Å²) in [6.45, 7) is 1.36. The van der Waals surface area contributed by atoms with Crippen LogP contribution in [-0.4, -0.2) is 76.5 Å². The van der Waals surface area contributed by atoms with E-state index in [1.807, 2.05) is 31.1 Å². The normalized spacial score (nSPS) is 11.6. The topological polar surface area (TPSA) is 135 Å². The average molecular weight is 596 g/mol. The maximum Gasteiger partial charge on any atom is 0.263 e. The molecule has 0 spiro atoms. The quantitative estimate of drug-likeness (QED) is 0.172. The van der Waals surface area contributed by atoms with E-state index in [1.54, 1.807) is 62.8 Å². The highest BCUT2D eigenvalue weighted by molar-refractivity contribution is 7.92. The third-order valence-corrected chi connectivity index (χ3v) is 7.73. The Bertz CT molecular complexity index is 1600. The van der Waals surface area contributed by atoms with Crippen LogP contribution >= 0.6 is 0 Å². The molecule has 3 aromatic carbocycles. The number of para-hydroxylation sites is 2.